The molecule has 1 unspecified atom stereocenters. The summed E-state index contributed by atoms with van der Waals surface area (Å²) in [7, 11) is 0. The van der Waals surface area contributed by atoms with Gasteiger partial charge >= 0.3 is 0 Å². The first-order valence-electron chi connectivity index (χ1n) is 8.64. The summed E-state index contributed by atoms with van der Waals surface area (Å²) in [4.78, 5) is 27.2. The van der Waals surface area contributed by atoms with Crippen molar-refractivity contribution >= 4 is 17.4 Å². The second-order valence-corrected chi connectivity index (χ2v) is 6.54. The topological polar surface area (TPSA) is 70.7 Å². The van der Waals surface area contributed by atoms with Gasteiger partial charge in [-0.15, -0.1) is 0 Å². The zero-order valence-corrected chi connectivity index (χ0v) is 14.9. The number of rotatable bonds is 4. The van der Waals surface area contributed by atoms with Crippen LogP contribution in [0.25, 0.3) is 0 Å². The molecule has 1 aliphatic rings. The number of nitrogens with zero attached hydrogens (tertiary/aromatic N) is 1. The summed E-state index contributed by atoms with van der Waals surface area (Å²) in [6.45, 7) is 1.89. The second-order valence-electron chi connectivity index (χ2n) is 6.54. The van der Waals surface area contributed by atoms with Gasteiger partial charge in [0.25, 0.3) is 5.91 Å². The van der Waals surface area contributed by atoms with Crippen molar-refractivity contribution < 1.29 is 23.5 Å². The standard InChI is InChI=1S/C22H16FNO4/c1-13-4-2-5-14(12-13)19-18(20(25)17-6-3-11-28-17)21(26)22(27)24(19)16-9-7-15(23)8-10-16/h2-12,19,26H,1H3. The highest BCUT2D eigenvalue weighted by molar-refractivity contribution is 6.20. The molecule has 0 fully saturated rings. The first-order chi connectivity index (χ1) is 13.5. The van der Waals surface area contributed by atoms with Crippen molar-refractivity contribution in [3.8, 4) is 0 Å². The second kappa shape index (κ2) is 6.81. The number of carbonyl (C=O) groups is 2. The van der Waals surface area contributed by atoms with E-state index in [1.54, 1.807) is 12.1 Å². The van der Waals surface area contributed by atoms with Crippen LogP contribution in [0.3, 0.4) is 0 Å². The van der Waals surface area contributed by atoms with Crippen LogP contribution in [0.4, 0.5) is 10.1 Å². The number of halogens is 1. The summed E-state index contributed by atoms with van der Waals surface area (Å²) in [6.07, 6.45) is 1.35. The third kappa shape index (κ3) is 2.89. The third-order valence-electron chi connectivity index (χ3n) is 4.66. The zero-order valence-electron chi connectivity index (χ0n) is 14.9. The maximum atomic E-state index is 13.4. The average molecular weight is 377 g/mol. The summed E-state index contributed by atoms with van der Waals surface area (Å²) in [5.41, 5.74) is 1.87. The highest BCUT2D eigenvalue weighted by atomic mass is 19.1. The minimum atomic E-state index is -0.865. The fourth-order valence-corrected chi connectivity index (χ4v) is 3.40. The molecule has 0 spiro atoms. The lowest BCUT2D eigenvalue weighted by molar-refractivity contribution is -0.117. The molecule has 2 aromatic carbocycles. The summed E-state index contributed by atoms with van der Waals surface area (Å²) in [5, 5.41) is 10.6. The smallest absolute Gasteiger partial charge is 0.294 e. The number of Topliss-reactive ketones (excluding diaryl/α,β-unsaturated/α-hetero) is 1. The number of anilines is 1. The monoisotopic (exact) mass is 377 g/mol. The van der Waals surface area contributed by atoms with E-state index in [1.807, 2.05) is 25.1 Å². The molecule has 1 N–H and O–H groups in total. The lowest BCUT2D eigenvalue weighted by atomic mass is 9.94. The number of benzene rings is 2. The molecule has 1 aliphatic heterocycles. The van der Waals surface area contributed by atoms with E-state index in [-0.39, 0.29) is 11.3 Å². The molecular formula is C22H16FNO4. The Kier molecular flexibility index (Phi) is 4.31. The van der Waals surface area contributed by atoms with Crippen LogP contribution in [0.2, 0.25) is 0 Å². The predicted octanol–water partition coefficient (Wildman–Crippen LogP) is 4.51. The molecule has 1 atom stereocenters. The Morgan fingerprint density at radius 1 is 1.11 bits per heavy atom. The van der Waals surface area contributed by atoms with Gasteiger partial charge in [0.2, 0.25) is 5.78 Å². The summed E-state index contributed by atoms with van der Waals surface area (Å²) < 4.78 is 18.6. The van der Waals surface area contributed by atoms with Crippen molar-refractivity contribution in [3.63, 3.8) is 0 Å². The maximum Gasteiger partial charge on any atom is 0.294 e. The number of aliphatic hydroxyl groups is 1. The van der Waals surface area contributed by atoms with Crippen LogP contribution in [0, 0.1) is 12.7 Å². The molecule has 1 amide bonds. The Bertz CT molecular complexity index is 1080. The Morgan fingerprint density at radius 2 is 1.86 bits per heavy atom. The molecule has 5 nitrogen and oxygen atoms in total. The molecule has 0 saturated heterocycles. The number of carbonyl (C=O) groups excluding carboxylic acids is 2. The Hall–Kier alpha value is -3.67. The fraction of sp³-hybridized carbons (Fsp3) is 0.0909. The van der Waals surface area contributed by atoms with Gasteiger partial charge in [0.1, 0.15) is 5.82 Å². The van der Waals surface area contributed by atoms with Gasteiger partial charge in [-0.05, 0) is 48.9 Å². The van der Waals surface area contributed by atoms with Gasteiger partial charge in [0, 0.05) is 5.69 Å². The lowest BCUT2D eigenvalue weighted by Gasteiger charge is -2.27. The van der Waals surface area contributed by atoms with Crippen molar-refractivity contribution in [2.24, 2.45) is 0 Å². The molecule has 0 saturated carbocycles. The molecule has 0 aliphatic carbocycles. The molecule has 1 aromatic heterocycles. The van der Waals surface area contributed by atoms with E-state index in [2.05, 4.69) is 0 Å². The van der Waals surface area contributed by atoms with Crippen LogP contribution in [0.15, 0.2) is 82.7 Å². The van der Waals surface area contributed by atoms with Crippen LogP contribution in [-0.2, 0) is 4.79 Å². The summed E-state index contributed by atoms with van der Waals surface area (Å²) in [5.74, 6) is -2.38. The SMILES string of the molecule is Cc1cccc(C2C(C(=O)c3ccco3)=C(O)C(=O)N2c2ccc(F)cc2)c1. The van der Waals surface area contributed by atoms with Gasteiger partial charge < -0.3 is 9.52 Å². The van der Waals surface area contributed by atoms with E-state index in [9.17, 15) is 19.1 Å². The molecule has 6 heteroatoms. The van der Waals surface area contributed by atoms with Crippen molar-refractivity contribution in [2.75, 3.05) is 4.90 Å². The molecule has 3 aromatic rings. The Balaban J connectivity index is 1.89. The summed E-state index contributed by atoms with van der Waals surface area (Å²) >= 11 is 0. The summed E-state index contributed by atoms with van der Waals surface area (Å²) in [6, 6.07) is 14.8. The number of hydrogen-bond donors (Lipinski definition) is 1. The van der Waals surface area contributed by atoms with Gasteiger partial charge in [-0.2, -0.15) is 0 Å². The number of aryl methyl sites for hydroxylation is 1. The Morgan fingerprint density at radius 3 is 2.50 bits per heavy atom. The molecule has 28 heavy (non-hydrogen) atoms. The van der Waals surface area contributed by atoms with E-state index in [4.69, 9.17) is 4.42 Å². The van der Waals surface area contributed by atoms with Crippen LogP contribution < -0.4 is 4.90 Å². The first-order valence-corrected chi connectivity index (χ1v) is 8.64. The number of amides is 1. The highest BCUT2D eigenvalue weighted by Gasteiger charge is 2.45. The van der Waals surface area contributed by atoms with E-state index < -0.39 is 29.3 Å². The van der Waals surface area contributed by atoms with E-state index in [0.29, 0.717) is 11.3 Å². The third-order valence-corrected chi connectivity index (χ3v) is 4.66. The van der Waals surface area contributed by atoms with E-state index in [1.165, 1.54) is 41.5 Å². The van der Waals surface area contributed by atoms with Crippen molar-refractivity contribution in [1.29, 1.82) is 0 Å². The number of furan rings is 1. The predicted molar refractivity (Wildman–Crippen MR) is 100 cm³/mol. The maximum absolute atomic E-state index is 13.4. The van der Waals surface area contributed by atoms with E-state index >= 15 is 0 Å². The molecule has 0 bridgehead atoms. The van der Waals surface area contributed by atoms with Crippen LogP contribution in [0.5, 0.6) is 0 Å². The van der Waals surface area contributed by atoms with Gasteiger partial charge in [-0.1, -0.05) is 29.8 Å². The van der Waals surface area contributed by atoms with Crippen LogP contribution in [0.1, 0.15) is 27.7 Å². The molecule has 140 valence electrons. The minimum absolute atomic E-state index is 0.0213. The number of aliphatic hydroxyl groups excluding tert-OH is 1. The molecule has 4 rings (SSSR count). The van der Waals surface area contributed by atoms with E-state index in [0.717, 1.165) is 5.56 Å². The number of ketones is 1. The molecule has 2 heterocycles. The average Bonchev–Trinajstić information content (AvgIpc) is 3.30. The van der Waals surface area contributed by atoms with Crippen LogP contribution in [-0.4, -0.2) is 16.8 Å². The lowest BCUT2D eigenvalue weighted by Crippen LogP contribution is -2.31. The first kappa shape index (κ1) is 17.7. The van der Waals surface area contributed by atoms with Crippen molar-refractivity contribution in [1.82, 2.24) is 0 Å². The zero-order chi connectivity index (χ0) is 19.8. The van der Waals surface area contributed by atoms with Gasteiger partial charge in [0.05, 0.1) is 17.9 Å². The fourth-order valence-electron chi connectivity index (χ4n) is 3.40. The normalized spacial score (nSPS) is 16.7. The highest BCUT2D eigenvalue weighted by Crippen LogP contribution is 2.42. The Labute approximate surface area is 160 Å². The van der Waals surface area contributed by atoms with Crippen molar-refractivity contribution in [3.05, 3.63) is 101 Å². The van der Waals surface area contributed by atoms with Crippen LogP contribution >= 0.6 is 0 Å². The quantitative estimate of drug-likeness (QED) is 0.679. The van der Waals surface area contributed by atoms with Crippen molar-refractivity contribution in [2.45, 2.75) is 13.0 Å². The molecular weight excluding hydrogens is 361 g/mol. The molecule has 0 radical (unpaired) electrons. The van der Waals surface area contributed by atoms with Gasteiger partial charge in [0.15, 0.2) is 11.5 Å². The van der Waals surface area contributed by atoms with Gasteiger partial charge in [-0.3, -0.25) is 14.5 Å². The van der Waals surface area contributed by atoms with Gasteiger partial charge in [-0.25, -0.2) is 4.39 Å². The largest absolute Gasteiger partial charge is 0.503 e. The number of hydrogen-bond acceptors (Lipinski definition) is 4. The minimum Gasteiger partial charge on any atom is -0.503 e.